The van der Waals surface area contributed by atoms with Crippen molar-refractivity contribution in [2.45, 2.75) is 11.8 Å². The first kappa shape index (κ1) is 15.7. The van der Waals surface area contributed by atoms with Gasteiger partial charge in [-0.25, -0.2) is 17.4 Å². The van der Waals surface area contributed by atoms with Crippen LogP contribution in [0.1, 0.15) is 6.92 Å². The SMILES string of the molecule is CCOc1ccc2cc(S(=O)(=O)n3cnc4ccccc43)ccc2c1. The van der Waals surface area contributed by atoms with Gasteiger partial charge in [-0.15, -0.1) is 0 Å². The van der Waals surface area contributed by atoms with E-state index in [2.05, 4.69) is 4.98 Å². The van der Waals surface area contributed by atoms with Crippen LogP contribution in [0.25, 0.3) is 21.8 Å². The molecule has 1 heterocycles. The Bertz CT molecular complexity index is 1180. The molecular weight excluding hydrogens is 336 g/mol. The van der Waals surface area contributed by atoms with Gasteiger partial charge in [0.25, 0.3) is 10.0 Å². The highest BCUT2D eigenvalue weighted by molar-refractivity contribution is 7.90. The second-order valence-electron chi connectivity index (χ2n) is 5.64. The summed E-state index contributed by atoms with van der Waals surface area (Å²) in [4.78, 5) is 4.40. The molecule has 0 bridgehead atoms. The Hall–Kier alpha value is -2.86. The summed E-state index contributed by atoms with van der Waals surface area (Å²) in [7, 11) is -3.71. The molecule has 0 saturated heterocycles. The lowest BCUT2D eigenvalue weighted by Crippen LogP contribution is -2.11. The van der Waals surface area contributed by atoms with Crippen LogP contribution in [-0.4, -0.2) is 24.0 Å². The summed E-state index contributed by atoms with van der Waals surface area (Å²) in [6.07, 6.45) is 1.35. The van der Waals surface area contributed by atoms with Crippen LogP contribution < -0.4 is 4.74 Å². The lowest BCUT2D eigenvalue weighted by molar-refractivity contribution is 0.341. The van der Waals surface area contributed by atoms with Crippen LogP contribution in [0.3, 0.4) is 0 Å². The van der Waals surface area contributed by atoms with E-state index in [4.69, 9.17) is 4.74 Å². The van der Waals surface area contributed by atoms with Crippen molar-refractivity contribution in [2.75, 3.05) is 6.61 Å². The van der Waals surface area contributed by atoms with Gasteiger partial charge in [0, 0.05) is 0 Å². The zero-order valence-electron chi connectivity index (χ0n) is 13.6. The fourth-order valence-corrected chi connectivity index (χ4v) is 4.19. The maximum Gasteiger partial charge on any atom is 0.269 e. The average molecular weight is 352 g/mol. The summed E-state index contributed by atoms with van der Waals surface area (Å²) in [6, 6.07) is 17.9. The van der Waals surface area contributed by atoms with Gasteiger partial charge in [0.15, 0.2) is 0 Å². The van der Waals surface area contributed by atoms with E-state index in [1.807, 2.05) is 31.2 Å². The Morgan fingerprint density at radius 1 is 1.00 bits per heavy atom. The molecular formula is C19H16N2O3S. The Morgan fingerprint density at radius 2 is 1.76 bits per heavy atom. The predicted molar refractivity (Wildman–Crippen MR) is 97.4 cm³/mol. The summed E-state index contributed by atoms with van der Waals surface area (Å²) in [5.41, 5.74) is 1.21. The molecule has 1 aromatic heterocycles. The first-order valence-corrected chi connectivity index (χ1v) is 9.38. The molecule has 5 nitrogen and oxygen atoms in total. The van der Waals surface area contributed by atoms with E-state index in [0.29, 0.717) is 17.6 Å². The fraction of sp³-hybridized carbons (Fsp3) is 0.105. The van der Waals surface area contributed by atoms with E-state index in [9.17, 15) is 8.42 Å². The molecule has 0 unspecified atom stereocenters. The molecule has 126 valence electrons. The first-order valence-electron chi connectivity index (χ1n) is 7.94. The molecule has 0 aliphatic heterocycles. The monoisotopic (exact) mass is 352 g/mol. The number of hydrogen-bond donors (Lipinski definition) is 0. The minimum Gasteiger partial charge on any atom is -0.494 e. The molecule has 3 aromatic carbocycles. The minimum atomic E-state index is -3.71. The Labute approximate surface area is 145 Å². The fourth-order valence-electron chi connectivity index (χ4n) is 2.86. The zero-order valence-corrected chi connectivity index (χ0v) is 14.4. The van der Waals surface area contributed by atoms with Gasteiger partial charge in [-0.1, -0.05) is 24.3 Å². The van der Waals surface area contributed by atoms with E-state index in [-0.39, 0.29) is 4.90 Å². The van der Waals surface area contributed by atoms with Crippen LogP contribution in [-0.2, 0) is 10.0 Å². The van der Waals surface area contributed by atoms with Gasteiger partial charge in [-0.05, 0) is 54.1 Å². The quantitative estimate of drug-likeness (QED) is 0.560. The van der Waals surface area contributed by atoms with E-state index in [1.54, 1.807) is 36.4 Å². The van der Waals surface area contributed by atoms with Gasteiger partial charge >= 0.3 is 0 Å². The van der Waals surface area contributed by atoms with Crippen molar-refractivity contribution in [1.29, 1.82) is 0 Å². The first-order chi connectivity index (χ1) is 12.1. The van der Waals surface area contributed by atoms with Crippen LogP contribution in [0, 0.1) is 0 Å². The second-order valence-corrected chi connectivity index (χ2v) is 7.45. The smallest absolute Gasteiger partial charge is 0.269 e. The summed E-state index contributed by atoms with van der Waals surface area (Å²) in [5.74, 6) is 0.770. The van der Waals surface area contributed by atoms with Gasteiger partial charge < -0.3 is 4.74 Å². The molecule has 0 N–H and O–H groups in total. The third kappa shape index (κ3) is 2.64. The molecule has 4 aromatic rings. The topological polar surface area (TPSA) is 61.2 Å². The van der Waals surface area contributed by atoms with Gasteiger partial charge in [-0.3, -0.25) is 0 Å². The molecule has 4 rings (SSSR count). The number of hydrogen-bond acceptors (Lipinski definition) is 4. The van der Waals surface area contributed by atoms with Gasteiger partial charge in [0.2, 0.25) is 0 Å². The maximum absolute atomic E-state index is 13.0. The highest BCUT2D eigenvalue weighted by atomic mass is 32.2. The average Bonchev–Trinajstić information content (AvgIpc) is 3.06. The van der Waals surface area contributed by atoms with Crippen molar-refractivity contribution < 1.29 is 13.2 Å². The van der Waals surface area contributed by atoms with Crippen LogP contribution in [0.5, 0.6) is 5.75 Å². The number of fused-ring (bicyclic) bond motifs is 2. The third-order valence-electron chi connectivity index (χ3n) is 4.07. The van der Waals surface area contributed by atoms with Gasteiger partial charge in [-0.2, -0.15) is 0 Å². The molecule has 0 amide bonds. The van der Waals surface area contributed by atoms with Crippen molar-refractivity contribution in [3.63, 3.8) is 0 Å². The van der Waals surface area contributed by atoms with E-state index in [0.717, 1.165) is 16.5 Å². The van der Waals surface area contributed by atoms with E-state index < -0.39 is 10.0 Å². The molecule has 6 heteroatoms. The highest BCUT2D eigenvalue weighted by Crippen LogP contribution is 2.26. The van der Waals surface area contributed by atoms with Gasteiger partial charge in [0.05, 0.1) is 22.5 Å². The van der Waals surface area contributed by atoms with Crippen molar-refractivity contribution in [3.8, 4) is 5.75 Å². The molecule has 0 aliphatic rings. The lowest BCUT2D eigenvalue weighted by atomic mass is 10.1. The van der Waals surface area contributed by atoms with Crippen molar-refractivity contribution in [2.24, 2.45) is 0 Å². The Kier molecular flexibility index (Phi) is 3.69. The molecule has 0 radical (unpaired) electrons. The minimum absolute atomic E-state index is 0.229. The van der Waals surface area contributed by atoms with E-state index in [1.165, 1.54) is 10.3 Å². The van der Waals surface area contributed by atoms with Crippen LogP contribution in [0.2, 0.25) is 0 Å². The van der Waals surface area contributed by atoms with Crippen LogP contribution >= 0.6 is 0 Å². The Balaban J connectivity index is 1.84. The standard InChI is InChI=1S/C19H16N2O3S/c1-2-24-16-9-7-15-12-17(10-8-14(15)11-16)25(22,23)21-13-20-18-5-3-4-6-19(18)21/h3-13H,2H2,1H3. The zero-order chi connectivity index (χ0) is 17.4. The number of aromatic nitrogens is 2. The number of rotatable bonds is 4. The predicted octanol–water partition coefficient (Wildman–Crippen LogP) is 3.83. The number of imidazole rings is 1. The second kappa shape index (κ2) is 5.89. The molecule has 0 aliphatic carbocycles. The lowest BCUT2D eigenvalue weighted by Gasteiger charge is -2.09. The summed E-state index contributed by atoms with van der Waals surface area (Å²) >= 11 is 0. The normalized spacial score (nSPS) is 11.9. The van der Waals surface area contributed by atoms with Crippen molar-refractivity contribution in [1.82, 2.24) is 8.96 Å². The molecule has 0 saturated carbocycles. The van der Waals surface area contributed by atoms with Gasteiger partial charge in [0.1, 0.15) is 12.1 Å². The van der Waals surface area contributed by atoms with Crippen LogP contribution in [0.4, 0.5) is 0 Å². The van der Waals surface area contributed by atoms with Crippen LogP contribution in [0.15, 0.2) is 71.9 Å². The summed E-state index contributed by atoms with van der Waals surface area (Å²) < 4.78 is 32.7. The maximum atomic E-state index is 13.0. The van der Waals surface area contributed by atoms with Crippen molar-refractivity contribution >= 4 is 31.8 Å². The third-order valence-corrected chi connectivity index (χ3v) is 5.73. The molecule has 0 atom stereocenters. The Morgan fingerprint density at radius 3 is 2.60 bits per heavy atom. The number of benzene rings is 3. The number of para-hydroxylation sites is 2. The summed E-state index contributed by atoms with van der Waals surface area (Å²) in [6.45, 7) is 2.51. The summed E-state index contributed by atoms with van der Waals surface area (Å²) in [5, 5.41) is 1.77. The number of ether oxygens (including phenoxy) is 1. The molecule has 0 spiro atoms. The van der Waals surface area contributed by atoms with Crippen molar-refractivity contribution in [3.05, 3.63) is 67.0 Å². The van der Waals surface area contributed by atoms with E-state index >= 15 is 0 Å². The highest BCUT2D eigenvalue weighted by Gasteiger charge is 2.19. The largest absolute Gasteiger partial charge is 0.494 e. The molecule has 25 heavy (non-hydrogen) atoms. The number of nitrogens with zero attached hydrogens (tertiary/aromatic N) is 2. The molecule has 0 fully saturated rings.